The molecule has 0 aliphatic heterocycles. The Balaban J connectivity index is 1.40. The number of hydrogen-bond donors (Lipinski definition) is 1. The molecule has 0 bridgehead atoms. The molecule has 10 heteroatoms. The summed E-state index contributed by atoms with van der Waals surface area (Å²) in [4.78, 5) is 9.86. The van der Waals surface area contributed by atoms with Gasteiger partial charge in [0.05, 0.1) is 13.2 Å². The van der Waals surface area contributed by atoms with E-state index < -0.39 is 6.29 Å². The molecule has 0 radical (unpaired) electrons. The molecule has 0 aliphatic carbocycles. The third kappa shape index (κ3) is 5.18. The van der Waals surface area contributed by atoms with Gasteiger partial charge in [-0.3, -0.25) is 4.57 Å². The summed E-state index contributed by atoms with van der Waals surface area (Å²) < 4.78 is 19.2. The molecule has 0 saturated carbocycles. The van der Waals surface area contributed by atoms with Crippen LogP contribution in [-0.4, -0.2) is 56.0 Å². The Kier molecular flexibility index (Phi) is 7.48. The number of nitrogens with zero attached hydrogens (tertiary/aromatic N) is 6. The van der Waals surface area contributed by atoms with E-state index in [0.717, 1.165) is 38.9 Å². The van der Waals surface area contributed by atoms with Crippen molar-refractivity contribution in [3.8, 4) is 39.7 Å². The van der Waals surface area contributed by atoms with Gasteiger partial charge in [-0.2, -0.15) is 10.2 Å². The first-order valence-electron chi connectivity index (χ1n) is 13.3. The van der Waals surface area contributed by atoms with E-state index in [0.29, 0.717) is 36.3 Å². The number of benzene rings is 3. The number of H-pyrrole nitrogens is 1. The van der Waals surface area contributed by atoms with Crippen LogP contribution in [0.1, 0.15) is 24.5 Å². The molecular weight excluding hydrogens is 518 g/mol. The fourth-order valence-corrected chi connectivity index (χ4v) is 4.95. The van der Waals surface area contributed by atoms with Gasteiger partial charge >= 0.3 is 0 Å². The standard InChI is InChI=1S/C31H29N7O3/c1-4-41-31-32-26-18-25(21-10-6-5-7-11-21)27(30(39-2)40-3)33-29(26)38(31)19-20-14-16-22(17-15-20)23-12-8-9-13-24(23)28-34-36-37-35-28/h5-18,30H,4,19H2,1-3H3,(H,34,35,36,37). The zero-order chi connectivity index (χ0) is 28.2. The number of ether oxygens (including phenoxy) is 3. The van der Waals surface area contributed by atoms with E-state index in [1.807, 2.05) is 66.1 Å². The molecule has 41 heavy (non-hydrogen) atoms. The molecule has 3 aromatic heterocycles. The molecule has 3 heterocycles. The Labute approximate surface area is 237 Å². The topological polar surface area (TPSA) is 113 Å². The minimum absolute atomic E-state index is 0.478. The number of fused-ring (bicyclic) bond motifs is 1. The summed E-state index contributed by atoms with van der Waals surface area (Å²) in [5.41, 5.74) is 8.03. The van der Waals surface area contributed by atoms with E-state index in [2.05, 4.69) is 51.0 Å². The van der Waals surface area contributed by atoms with Crippen molar-refractivity contribution in [3.63, 3.8) is 0 Å². The first kappa shape index (κ1) is 26.3. The predicted molar refractivity (Wildman–Crippen MR) is 155 cm³/mol. The fraction of sp³-hybridized carbons (Fsp3) is 0.194. The van der Waals surface area contributed by atoms with Crippen LogP contribution in [0.15, 0.2) is 84.9 Å². The molecule has 0 aliphatic rings. The van der Waals surface area contributed by atoms with E-state index >= 15 is 0 Å². The summed E-state index contributed by atoms with van der Waals surface area (Å²) in [5.74, 6) is 0.554. The lowest BCUT2D eigenvalue weighted by Gasteiger charge is -2.17. The third-order valence-electron chi connectivity index (χ3n) is 6.84. The highest BCUT2D eigenvalue weighted by atomic mass is 16.7. The van der Waals surface area contributed by atoms with Gasteiger partial charge in [0.2, 0.25) is 12.1 Å². The number of aromatic amines is 1. The second-order valence-corrected chi connectivity index (χ2v) is 9.32. The molecule has 10 nitrogen and oxygen atoms in total. The normalized spacial score (nSPS) is 11.4. The minimum Gasteiger partial charge on any atom is -0.465 e. The van der Waals surface area contributed by atoms with Crippen molar-refractivity contribution in [2.24, 2.45) is 0 Å². The van der Waals surface area contributed by atoms with Gasteiger partial charge in [0.25, 0.3) is 6.01 Å². The molecule has 3 aromatic carbocycles. The highest BCUT2D eigenvalue weighted by Crippen LogP contribution is 2.34. The summed E-state index contributed by atoms with van der Waals surface area (Å²) in [6, 6.07) is 28.9. The SMILES string of the molecule is CCOc1nc2cc(-c3ccccc3)c(C(OC)OC)nc2n1Cc1ccc(-c2ccccc2-c2nn[nH]n2)cc1. The maximum atomic E-state index is 5.97. The molecule has 0 saturated heterocycles. The largest absolute Gasteiger partial charge is 0.465 e. The minimum atomic E-state index is -0.646. The lowest BCUT2D eigenvalue weighted by Crippen LogP contribution is -2.10. The molecule has 0 atom stereocenters. The zero-order valence-corrected chi connectivity index (χ0v) is 23.0. The molecular formula is C31H29N7O3. The van der Waals surface area contributed by atoms with Gasteiger partial charge in [-0.05, 0) is 40.5 Å². The molecule has 0 unspecified atom stereocenters. The molecule has 0 fully saturated rings. The number of hydrogen-bond acceptors (Lipinski definition) is 8. The highest BCUT2D eigenvalue weighted by Gasteiger charge is 2.23. The predicted octanol–water partition coefficient (Wildman–Crippen LogP) is 5.68. The van der Waals surface area contributed by atoms with Gasteiger partial charge in [0, 0.05) is 25.3 Å². The van der Waals surface area contributed by atoms with Crippen molar-refractivity contribution in [3.05, 3.63) is 96.2 Å². The first-order chi connectivity index (χ1) is 20.2. The molecule has 0 spiro atoms. The van der Waals surface area contributed by atoms with Crippen LogP contribution in [0.4, 0.5) is 0 Å². The Morgan fingerprint density at radius 3 is 2.20 bits per heavy atom. The molecule has 6 aromatic rings. The van der Waals surface area contributed by atoms with Crippen molar-refractivity contribution in [2.45, 2.75) is 19.8 Å². The Morgan fingerprint density at radius 2 is 1.51 bits per heavy atom. The second kappa shape index (κ2) is 11.7. The zero-order valence-electron chi connectivity index (χ0n) is 23.0. The average Bonchev–Trinajstić information content (AvgIpc) is 3.67. The van der Waals surface area contributed by atoms with Gasteiger partial charge < -0.3 is 14.2 Å². The molecule has 0 amide bonds. The van der Waals surface area contributed by atoms with Crippen LogP contribution in [0.5, 0.6) is 6.01 Å². The number of methoxy groups -OCH3 is 2. The van der Waals surface area contributed by atoms with Gasteiger partial charge in [-0.15, -0.1) is 10.2 Å². The van der Waals surface area contributed by atoms with Crippen LogP contribution in [0.3, 0.4) is 0 Å². The van der Waals surface area contributed by atoms with E-state index in [-0.39, 0.29) is 0 Å². The average molecular weight is 548 g/mol. The van der Waals surface area contributed by atoms with Crippen LogP contribution < -0.4 is 4.74 Å². The van der Waals surface area contributed by atoms with E-state index in [1.54, 1.807) is 14.2 Å². The Hall–Kier alpha value is -4.93. The van der Waals surface area contributed by atoms with Crippen LogP contribution >= 0.6 is 0 Å². The van der Waals surface area contributed by atoms with Gasteiger partial charge in [0.15, 0.2) is 5.65 Å². The van der Waals surface area contributed by atoms with Crippen molar-refractivity contribution in [2.75, 3.05) is 20.8 Å². The number of nitrogens with one attached hydrogen (secondary N) is 1. The maximum absolute atomic E-state index is 5.97. The van der Waals surface area contributed by atoms with E-state index in [1.165, 1.54) is 0 Å². The van der Waals surface area contributed by atoms with Crippen LogP contribution in [-0.2, 0) is 16.0 Å². The lowest BCUT2D eigenvalue weighted by molar-refractivity contribution is -0.108. The monoisotopic (exact) mass is 547 g/mol. The van der Waals surface area contributed by atoms with Crippen molar-refractivity contribution in [1.82, 2.24) is 35.2 Å². The van der Waals surface area contributed by atoms with Crippen molar-refractivity contribution < 1.29 is 14.2 Å². The number of rotatable bonds is 10. The quantitative estimate of drug-likeness (QED) is 0.218. The van der Waals surface area contributed by atoms with E-state index in [4.69, 9.17) is 24.2 Å². The fourth-order valence-electron chi connectivity index (χ4n) is 4.95. The number of aromatic nitrogens is 7. The summed E-state index contributed by atoms with van der Waals surface area (Å²) in [5, 5.41) is 14.6. The third-order valence-corrected chi connectivity index (χ3v) is 6.84. The highest BCUT2D eigenvalue weighted by molar-refractivity contribution is 5.82. The van der Waals surface area contributed by atoms with Crippen molar-refractivity contribution >= 4 is 11.2 Å². The summed E-state index contributed by atoms with van der Waals surface area (Å²) >= 11 is 0. The number of imidazole rings is 1. The van der Waals surface area contributed by atoms with Gasteiger partial charge in [-0.25, -0.2) is 4.98 Å². The van der Waals surface area contributed by atoms with Crippen LogP contribution in [0.25, 0.3) is 44.8 Å². The number of tetrazole rings is 1. The molecule has 6 rings (SSSR count). The van der Waals surface area contributed by atoms with Crippen molar-refractivity contribution in [1.29, 1.82) is 0 Å². The maximum Gasteiger partial charge on any atom is 0.298 e. The summed E-state index contributed by atoms with van der Waals surface area (Å²) in [6.45, 7) is 2.94. The van der Waals surface area contributed by atoms with E-state index in [9.17, 15) is 0 Å². The summed E-state index contributed by atoms with van der Waals surface area (Å²) in [7, 11) is 3.21. The molecule has 206 valence electrons. The smallest absolute Gasteiger partial charge is 0.298 e. The molecule has 1 N–H and O–H groups in total. The van der Waals surface area contributed by atoms with Crippen LogP contribution in [0.2, 0.25) is 0 Å². The second-order valence-electron chi connectivity index (χ2n) is 9.32. The van der Waals surface area contributed by atoms with Gasteiger partial charge in [0.1, 0.15) is 11.2 Å². The number of pyridine rings is 1. The summed E-state index contributed by atoms with van der Waals surface area (Å²) in [6.07, 6.45) is -0.646. The lowest BCUT2D eigenvalue weighted by atomic mass is 9.98. The Bertz CT molecular complexity index is 1750. The van der Waals surface area contributed by atoms with Crippen LogP contribution in [0, 0.1) is 0 Å². The van der Waals surface area contributed by atoms with Gasteiger partial charge in [-0.1, -0.05) is 78.9 Å². The Morgan fingerprint density at radius 1 is 0.805 bits per heavy atom. The first-order valence-corrected chi connectivity index (χ1v) is 13.3.